The van der Waals surface area contributed by atoms with Crippen molar-refractivity contribution in [3.8, 4) is 0 Å². The van der Waals surface area contributed by atoms with Crippen molar-refractivity contribution in [1.82, 2.24) is 5.43 Å². The standard InChI is InChI=1S/C9H13ClN2OS/c10-8-2-1-7(14-8)9(12-11)6-3-4-13-5-6/h1-2,6,9,12H,3-5,11H2. The second kappa shape index (κ2) is 4.59. The number of ether oxygens (including phenoxy) is 1. The van der Waals surface area contributed by atoms with E-state index in [1.165, 1.54) is 4.88 Å². The van der Waals surface area contributed by atoms with Gasteiger partial charge in [-0.25, -0.2) is 0 Å². The Hall–Kier alpha value is -0.130. The fourth-order valence-corrected chi connectivity index (χ4v) is 2.98. The van der Waals surface area contributed by atoms with Crippen LogP contribution in [0.1, 0.15) is 17.3 Å². The van der Waals surface area contributed by atoms with Crippen molar-refractivity contribution in [2.45, 2.75) is 12.5 Å². The van der Waals surface area contributed by atoms with Crippen LogP contribution in [-0.4, -0.2) is 13.2 Å². The van der Waals surface area contributed by atoms with Crippen LogP contribution in [0.15, 0.2) is 12.1 Å². The lowest BCUT2D eigenvalue weighted by atomic mass is 9.98. The second-order valence-corrected chi connectivity index (χ2v) is 5.16. The van der Waals surface area contributed by atoms with Crippen molar-refractivity contribution < 1.29 is 4.74 Å². The first-order valence-corrected chi connectivity index (χ1v) is 5.80. The second-order valence-electron chi connectivity index (χ2n) is 3.41. The lowest BCUT2D eigenvalue weighted by molar-refractivity contribution is 0.177. The van der Waals surface area contributed by atoms with E-state index in [1.54, 1.807) is 11.3 Å². The normalized spacial score (nSPS) is 24.0. The molecule has 1 fully saturated rings. The number of thiophene rings is 1. The topological polar surface area (TPSA) is 47.3 Å². The Labute approximate surface area is 92.2 Å². The van der Waals surface area contributed by atoms with E-state index in [0.29, 0.717) is 5.92 Å². The Morgan fingerprint density at radius 3 is 3.00 bits per heavy atom. The molecule has 5 heteroatoms. The van der Waals surface area contributed by atoms with Gasteiger partial charge in [-0.1, -0.05) is 11.6 Å². The molecule has 2 unspecified atom stereocenters. The van der Waals surface area contributed by atoms with Gasteiger partial charge >= 0.3 is 0 Å². The highest BCUT2D eigenvalue weighted by molar-refractivity contribution is 7.16. The summed E-state index contributed by atoms with van der Waals surface area (Å²) in [7, 11) is 0. The van der Waals surface area contributed by atoms with Crippen molar-refractivity contribution in [3.63, 3.8) is 0 Å². The third-order valence-corrected chi connectivity index (χ3v) is 3.83. The number of nitrogens with one attached hydrogen (secondary N) is 1. The maximum absolute atomic E-state index is 5.89. The molecule has 1 aromatic rings. The summed E-state index contributed by atoms with van der Waals surface area (Å²) in [5.74, 6) is 6.02. The van der Waals surface area contributed by atoms with Crippen LogP contribution < -0.4 is 11.3 Å². The largest absolute Gasteiger partial charge is 0.381 e. The molecule has 1 saturated heterocycles. The maximum Gasteiger partial charge on any atom is 0.0931 e. The van der Waals surface area contributed by atoms with Gasteiger partial charge in [-0.05, 0) is 18.6 Å². The van der Waals surface area contributed by atoms with Gasteiger partial charge in [-0.2, -0.15) is 0 Å². The molecule has 0 saturated carbocycles. The lowest BCUT2D eigenvalue weighted by Gasteiger charge is -2.19. The summed E-state index contributed by atoms with van der Waals surface area (Å²) in [6.07, 6.45) is 1.06. The average molecular weight is 233 g/mol. The van der Waals surface area contributed by atoms with Gasteiger partial charge in [0.25, 0.3) is 0 Å². The Morgan fingerprint density at radius 1 is 1.64 bits per heavy atom. The molecular formula is C9H13ClN2OS. The molecule has 2 heterocycles. The van der Waals surface area contributed by atoms with E-state index in [2.05, 4.69) is 5.43 Å². The quantitative estimate of drug-likeness (QED) is 0.619. The highest BCUT2D eigenvalue weighted by Crippen LogP contribution is 2.33. The zero-order valence-electron chi connectivity index (χ0n) is 7.70. The number of hydrazine groups is 1. The van der Waals surface area contributed by atoms with E-state index in [0.717, 1.165) is 24.0 Å². The van der Waals surface area contributed by atoms with E-state index in [1.807, 2.05) is 12.1 Å². The van der Waals surface area contributed by atoms with Crippen LogP contribution in [0, 0.1) is 5.92 Å². The Kier molecular flexibility index (Phi) is 3.41. The molecular weight excluding hydrogens is 220 g/mol. The minimum atomic E-state index is 0.176. The van der Waals surface area contributed by atoms with Crippen molar-refractivity contribution in [2.75, 3.05) is 13.2 Å². The molecule has 0 radical (unpaired) electrons. The molecule has 0 bridgehead atoms. The Morgan fingerprint density at radius 2 is 2.50 bits per heavy atom. The van der Waals surface area contributed by atoms with Crippen LogP contribution in [0.2, 0.25) is 4.34 Å². The van der Waals surface area contributed by atoms with Crippen LogP contribution in [0.5, 0.6) is 0 Å². The molecule has 0 aromatic carbocycles. The van der Waals surface area contributed by atoms with Crippen LogP contribution in [0.25, 0.3) is 0 Å². The molecule has 1 aromatic heterocycles. The minimum Gasteiger partial charge on any atom is -0.381 e. The third kappa shape index (κ3) is 2.10. The first kappa shape index (κ1) is 10.4. The van der Waals surface area contributed by atoms with Crippen molar-refractivity contribution in [2.24, 2.45) is 11.8 Å². The number of nitrogens with two attached hydrogens (primary N) is 1. The highest BCUT2D eigenvalue weighted by Gasteiger charge is 2.27. The van der Waals surface area contributed by atoms with E-state index in [9.17, 15) is 0 Å². The predicted octanol–water partition coefficient (Wildman–Crippen LogP) is 1.94. The van der Waals surface area contributed by atoms with Crippen LogP contribution in [-0.2, 0) is 4.74 Å². The van der Waals surface area contributed by atoms with Crippen LogP contribution >= 0.6 is 22.9 Å². The fourth-order valence-electron chi connectivity index (χ4n) is 1.76. The summed E-state index contributed by atoms with van der Waals surface area (Å²) >= 11 is 7.46. The maximum atomic E-state index is 5.89. The molecule has 2 atom stereocenters. The van der Waals surface area contributed by atoms with E-state index < -0.39 is 0 Å². The predicted molar refractivity (Wildman–Crippen MR) is 58.3 cm³/mol. The van der Waals surface area contributed by atoms with Gasteiger partial charge in [0.05, 0.1) is 17.0 Å². The molecule has 14 heavy (non-hydrogen) atoms. The van der Waals surface area contributed by atoms with Gasteiger partial charge in [0.2, 0.25) is 0 Å². The summed E-state index contributed by atoms with van der Waals surface area (Å²) in [5.41, 5.74) is 2.85. The number of rotatable bonds is 3. The molecule has 78 valence electrons. The average Bonchev–Trinajstić information content (AvgIpc) is 2.79. The molecule has 3 nitrogen and oxygen atoms in total. The summed E-state index contributed by atoms with van der Waals surface area (Å²) in [6, 6.07) is 4.10. The molecule has 3 N–H and O–H groups in total. The number of hydrogen-bond acceptors (Lipinski definition) is 4. The molecule has 1 aliphatic rings. The van der Waals surface area contributed by atoms with Gasteiger partial charge in [0, 0.05) is 17.4 Å². The van der Waals surface area contributed by atoms with E-state index in [-0.39, 0.29) is 6.04 Å². The smallest absolute Gasteiger partial charge is 0.0931 e. The number of hydrogen-bond donors (Lipinski definition) is 2. The van der Waals surface area contributed by atoms with Crippen LogP contribution in [0.4, 0.5) is 0 Å². The van der Waals surface area contributed by atoms with Crippen LogP contribution in [0.3, 0.4) is 0 Å². The summed E-state index contributed by atoms with van der Waals surface area (Å²) < 4.78 is 6.15. The highest BCUT2D eigenvalue weighted by atomic mass is 35.5. The minimum absolute atomic E-state index is 0.176. The summed E-state index contributed by atoms with van der Waals surface area (Å²) in [5, 5.41) is 0. The van der Waals surface area contributed by atoms with Gasteiger partial charge in [0.15, 0.2) is 0 Å². The Balaban J connectivity index is 2.12. The third-order valence-electron chi connectivity index (χ3n) is 2.52. The lowest BCUT2D eigenvalue weighted by Crippen LogP contribution is -2.33. The van der Waals surface area contributed by atoms with Gasteiger partial charge in [-0.3, -0.25) is 11.3 Å². The number of halogens is 1. The Bertz CT molecular complexity index is 299. The fraction of sp³-hybridized carbons (Fsp3) is 0.556. The SMILES string of the molecule is NNC(c1ccc(Cl)s1)C1CCOC1. The first-order valence-electron chi connectivity index (χ1n) is 4.60. The van der Waals surface area contributed by atoms with Crippen molar-refractivity contribution in [1.29, 1.82) is 0 Å². The molecule has 1 aliphatic heterocycles. The summed E-state index contributed by atoms with van der Waals surface area (Å²) in [6.45, 7) is 1.62. The first-order chi connectivity index (χ1) is 6.81. The molecule has 0 spiro atoms. The van der Waals surface area contributed by atoms with E-state index >= 15 is 0 Å². The van der Waals surface area contributed by atoms with E-state index in [4.69, 9.17) is 22.2 Å². The zero-order chi connectivity index (χ0) is 9.97. The zero-order valence-corrected chi connectivity index (χ0v) is 9.27. The van der Waals surface area contributed by atoms with Gasteiger partial charge < -0.3 is 4.74 Å². The molecule has 2 rings (SSSR count). The van der Waals surface area contributed by atoms with Crippen molar-refractivity contribution in [3.05, 3.63) is 21.3 Å². The van der Waals surface area contributed by atoms with Gasteiger partial charge in [0.1, 0.15) is 0 Å². The van der Waals surface area contributed by atoms with Gasteiger partial charge in [-0.15, -0.1) is 11.3 Å². The summed E-state index contributed by atoms with van der Waals surface area (Å²) in [4.78, 5) is 1.19. The monoisotopic (exact) mass is 232 g/mol. The molecule has 0 aliphatic carbocycles. The molecule has 0 amide bonds. The van der Waals surface area contributed by atoms with Crippen molar-refractivity contribution >= 4 is 22.9 Å².